The number of sulfonamides is 1. The number of carbonyl (C=O) groups is 1. The summed E-state index contributed by atoms with van der Waals surface area (Å²) in [7, 11) is -4.00. The topological polar surface area (TPSA) is 125 Å². The van der Waals surface area contributed by atoms with E-state index in [0.29, 0.717) is 17.6 Å². The summed E-state index contributed by atoms with van der Waals surface area (Å²) in [4.78, 5) is 32.2. The van der Waals surface area contributed by atoms with Gasteiger partial charge >= 0.3 is 6.03 Å². The van der Waals surface area contributed by atoms with Crippen LogP contribution in [0.4, 0.5) is 16.2 Å². The molecule has 10 nitrogen and oxygen atoms in total. The second-order valence-electron chi connectivity index (χ2n) is 9.73. The summed E-state index contributed by atoms with van der Waals surface area (Å²) < 4.78 is 27.7. The average molecular weight is 603 g/mol. The van der Waals surface area contributed by atoms with Crippen molar-refractivity contribution in [3.63, 3.8) is 0 Å². The molecule has 1 unspecified atom stereocenters. The molecule has 0 radical (unpaired) electrons. The van der Waals surface area contributed by atoms with E-state index in [1.165, 1.54) is 49.2 Å². The van der Waals surface area contributed by atoms with E-state index in [4.69, 9.17) is 11.6 Å². The molecule has 2 aliphatic rings. The van der Waals surface area contributed by atoms with Gasteiger partial charge in [0.1, 0.15) is 10.1 Å². The standard InChI is InChI=1S/C27H31ClN6O4S2/c28-23-8-10-25(39-23)40(37,38)32-27(36)31-21-6-9-24(30-18-21)34-16-11-19-17-20(5-7-22(19)26(34)35)29-12-4-15-33-13-2-1-3-14-33/h5-7,9-11,16-18,23,29H,1-4,8,12-15H2,(H2,31,32,36). The molecule has 1 fully saturated rings. The van der Waals surface area contributed by atoms with Crippen LogP contribution in [0.1, 0.15) is 32.1 Å². The zero-order valence-corrected chi connectivity index (χ0v) is 24.2. The lowest BCUT2D eigenvalue weighted by atomic mass is 10.1. The van der Waals surface area contributed by atoms with Gasteiger partial charge in [-0.15, -0.1) is 11.6 Å². The number of pyridine rings is 2. The normalized spacial score (nSPS) is 17.9. The highest BCUT2D eigenvalue weighted by Crippen LogP contribution is 2.37. The number of urea groups is 1. The number of hydrogen-bond donors (Lipinski definition) is 3. The molecule has 0 aliphatic carbocycles. The van der Waals surface area contributed by atoms with Crippen molar-refractivity contribution in [1.29, 1.82) is 0 Å². The van der Waals surface area contributed by atoms with Crippen molar-refractivity contribution in [3.05, 3.63) is 69.5 Å². The van der Waals surface area contributed by atoms with E-state index in [2.05, 4.69) is 20.5 Å². The SMILES string of the molecule is O=C(Nc1ccc(-n2ccc3cc(NCCCN4CCCCC4)ccc3c2=O)nc1)NS(=O)(=O)C1=CCC(Cl)S1. The Morgan fingerprint density at radius 2 is 1.90 bits per heavy atom. The van der Waals surface area contributed by atoms with Crippen molar-refractivity contribution in [2.24, 2.45) is 0 Å². The first-order valence-corrected chi connectivity index (χ1v) is 16.0. The van der Waals surface area contributed by atoms with Gasteiger partial charge in [0.15, 0.2) is 0 Å². The maximum absolute atomic E-state index is 13.2. The van der Waals surface area contributed by atoms with Gasteiger partial charge in [-0.2, -0.15) is 0 Å². The lowest BCUT2D eigenvalue weighted by Crippen LogP contribution is -2.34. The monoisotopic (exact) mass is 602 g/mol. The molecule has 0 bridgehead atoms. The Balaban J connectivity index is 1.19. The van der Waals surface area contributed by atoms with E-state index >= 15 is 0 Å². The Labute approximate surface area is 242 Å². The highest BCUT2D eigenvalue weighted by molar-refractivity contribution is 8.19. The van der Waals surface area contributed by atoms with Gasteiger partial charge in [-0.1, -0.05) is 24.3 Å². The smallest absolute Gasteiger partial charge is 0.333 e. The van der Waals surface area contributed by atoms with Crippen LogP contribution < -0.4 is 20.9 Å². The number of anilines is 2. The third-order valence-corrected chi connectivity index (χ3v) is 10.2. The van der Waals surface area contributed by atoms with Crippen LogP contribution in [-0.2, 0) is 10.0 Å². The third-order valence-electron chi connectivity index (χ3n) is 6.79. The number of allylic oxidation sites excluding steroid dienone is 1. The number of hydrogen-bond acceptors (Lipinski definition) is 8. The summed E-state index contributed by atoms with van der Waals surface area (Å²) in [6.07, 6.45) is 9.90. The molecule has 0 saturated carbocycles. The van der Waals surface area contributed by atoms with Crippen LogP contribution in [0.2, 0.25) is 0 Å². The van der Waals surface area contributed by atoms with E-state index in [1.54, 1.807) is 18.3 Å². The zero-order chi connectivity index (χ0) is 28.1. The van der Waals surface area contributed by atoms with Crippen LogP contribution in [0.3, 0.4) is 0 Å². The Morgan fingerprint density at radius 1 is 1.10 bits per heavy atom. The molecule has 3 aromatic rings. The van der Waals surface area contributed by atoms with Gasteiger partial charge in [0.2, 0.25) is 0 Å². The highest BCUT2D eigenvalue weighted by Gasteiger charge is 2.27. The molecule has 2 aromatic heterocycles. The molecule has 13 heteroatoms. The fraction of sp³-hybridized carbons (Fsp3) is 0.370. The summed E-state index contributed by atoms with van der Waals surface area (Å²) in [5.74, 6) is 0.367. The van der Waals surface area contributed by atoms with E-state index in [-0.39, 0.29) is 20.2 Å². The maximum atomic E-state index is 13.2. The first-order chi connectivity index (χ1) is 19.3. The Hall–Kier alpha value is -3.06. The molecule has 2 aliphatic heterocycles. The van der Waals surface area contributed by atoms with Crippen LogP contribution in [0, 0.1) is 0 Å². The summed E-state index contributed by atoms with van der Waals surface area (Å²) in [6.45, 7) is 4.37. The van der Waals surface area contributed by atoms with Gasteiger partial charge in [-0.05, 0) is 87.1 Å². The number of rotatable bonds is 9. The van der Waals surface area contributed by atoms with Gasteiger partial charge in [0, 0.05) is 23.8 Å². The van der Waals surface area contributed by atoms with Crippen LogP contribution in [0.15, 0.2) is 63.9 Å². The molecule has 5 rings (SSSR count). The minimum absolute atomic E-state index is 0.0163. The van der Waals surface area contributed by atoms with Gasteiger partial charge in [0.05, 0.1) is 16.6 Å². The summed E-state index contributed by atoms with van der Waals surface area (Å²) in [6, 6.07) is 9.75. The van der Waals surface area contributed by atoms with Crippen molar-refractivity contribution >= 4 is 61.6 Å². The Morgan fingerprint density at radius 3 is 2.62 bits per heavy atom. The number of fused-ring (bicyclic) bond motifs is 1. The van der Waals surface area contributed by atoms with Crippen LogP contribution in [0.25, 0.3) is 16.6 Å². The van der Waals surface area contributed by atoms with Crippen molar-refractivity contribution in [1.82, 2.24) is 19.2 Å². The molecule has 3 N–H and O–H groups in total. The summed E-state index contributed by atoms with van der Waals surface area (Å²) in [5, 5.41) is 7.29. The number of nitrogens with one attached hydrogen (secondary N) is 3. The number of likely N-dealkylation sites (tertiary alicyclic amines) is 1. The predicted molar refractivity (Wildman–Crippen MR) is 162 cm³/mol. The molecule has 2 amide bonds. The highest BCUT2D eigenvalue weighted by atomic mass is 35.5. The van der Waals surface area contributed by atoms with Crippen molar-refractivity contribution in [2.75, 3.05) is 36.8 Å². The van der Waals surface area contributed by atoms with Crippen LogP contribution in [0.5, 0.6) is 0 Å². The first kappa shape index (κ1) is 28.5. The number of amides is 2. The maximum Gasteiger partial charge on any atom is 0.333 e. The molecule has 40 heavy (non-hydrogen) atoms. The molecule has 1 atom stereocenters. The van der Waals surface area contributed by atoms with Crippen molar-refractivity contribution in [2.45, 2.75) is 36.8 Å². The molecule has 4 heterocycles. The van der Waals surface area contributed by atoms with Gasteiger partial charge < -0.3 is 15.5 Å². The largest absolute Gasteiger partial charge is 0.385 e. The number of benzene rings is 1. The van der Waals surface area contributed by atoms with Crippen LogP contribution >= 0.6 is 23.4 Å². The third kappa shape index (κ3) is 6.98. The molecular weight excluding hydrogens is 572 g/mol. The number of carbonyl (C=O) groups excluding carboxylic acids is 1. The predicted octanol–water partition coefficient (Wildman–Crippen LogP) is 4.67. The van der Waals surface area contributed by atoms with Crippen LogP contribution in [-0.4, -0.2) is 59.8 Å². The quantitative estimate of drug-likeness (QED) is 0.238. The van der Waals surface area contributed by atoms with E-state index < -0.39 is 16.1 Å². The van der Waals surface area contributed by atoms with Gasteiger partial charge in [0.25, 0.3) is 15.6 Å². The van der Waals surface area contributed by atoms with E-state index in [9.17, 15) is 18.0 Å². The van der Waals surface area contributed by atoms with Gasteiger partial charge in [-0.3, -0.25) is 9.36 Å². The number of thioether (sulfide) groups is 1. The average Bonchev–Trinajstić information content (AvgIpc) is 3.39. The lowest BCUT2D eigenvalue weighted by molar-refractivity contribution is 0.228. The Bertz CT molecular complexity index is 1570. The van der Waals surface area contributed by atoms with E-state index in [0.717, 1.165) is 42.3 Å². The number of alkyl halides is 1. The minimum Gasteiger partial charge on any atom is -0.385 e. The number of piperidine rings is 1. The molecule has 1 saturated heterocycles. The zero-order valence-electron chi connectivity index (χ0n) is 21.8. The molecule has 212 valence electrons. The fourth-order valence-electron chi connectivity index (χ4n) is 4.77. The number of aromatic nitrogens is 2. The molecular formula is C27H31ClN6O4S2. The van der Waals surface area contributed by atoms with E-state index in [1.807, 2.05) is 29.0 Å². The fourth-order valence-corrected chi connectivity index (χ4v) is 7.64. The summed E-state index contributed by atoms with van der Waals surface area (Å²) in [5.41, 5.74) is 1.03. The summed E-state index contributed by atoms with van der Waals surface area (Å²) >= 11 is 6.90. The number of halogens is 1. The first-order valence-electron chi connectivity index (χ1n) is 13.2. The van der Waals surface area contributed by atoms with Crippen molar-refractivity contribution < 1.29 is 13.2 Å². The minimum atomic E-state index is -4.00. The van der Waals surface area contributed by atoms with Crippen molar-refractivity contribution in [3.8, 4) is 5.82 Å². The molecule has 0 spiro atoms. The van der Waals surface area contributed by atoms with Gasteiger partial charge in [-0.25, -0.2) is 22.9 Å². The Kier molecular flexibility index (Phi) is 8.99. The molecule has 1 aromatic carbocycles. The second-order valence-corrected chi connectivity index (χ2v) is 13.7. The lowest BCUT2D eigenvalue weighted by Gasteiger charge is -2.26. The second kappa shape index (κ2) is 12.6. The number of nitrogens with zero attached hydrogens (tertiary/aromatic N) is 3.